The predicted molar refractivity (Wildman–Crippen MR) is 66.1 cm³/mol. The second kappa shape index (κ2) is 5.31. The summed E-state index contributed by atoms with van der Waals surface area (Å²) in [5.41, 5.74) is 1.29. The molecule has 1 atom stereocenters. The zero-order chi connectivity index (χ0) is 12.2. The Bertz CT molecular complexity index is 490. The van der Waals surface area contributed by atoms with Gasteiger partial charge in [-0.15, -0.1) is 0 Å². The molecule has 0 aliphatic carbocycles. The number of nitrogens with zero attached hydrogens (tertiary/aromatic N) is 2. The Kier molecular flexibility index (Phi) is 3.37. The molecule has 1 unspecified atom stereocenters. The molecule has 4 heteroatoms. The molecule has 1 aromatic heterocycles. The second-order valence-electron chi connectivity index (χ2n) is 4.54. The summed E-state index contributed by atoms with van der Waals surface area (Å²) >= 11 is 0. The van der Waals surface area contributed by atoms with Gasteiger partial charge in [-0.3, -0.25) is 0 Å². The van der Waals surface area contributed by atoms with Gasteiger partial charge in [-0.2, -0.15) is 4.98 Å². The number of rotatable bonds is 4. The van der Waals surface area contributed by atoms with Gasteiger partial charge in [0.05, 0.1) is 0 Å². The minimum absolute atomic E-state index is 0.0166. The minimum atomic E-state index is 0.0166. The van der Waals surface area contributed by atoms with Crippen molar-refractivity contribution in [3.05, 3.63) is 47.6 Å². The Morgan fingerprint density at radius 1 is 1.17 bits per heavy atom. The highest BCUT2D eigenvalue weighted by atomic mass is 16.5. The third kappa shape index (κ3) is 2.59. The molecule has 94 valence electrons. The third-order valence-electron chi connectivity index (χ3n) is 3.17. The predicted octanol–water partition coefficient (Wildman–Crippen LogP) is 2.71. The van der Waals surface area contributed by atoms with Crippen LogP contribution in [0.3, 0.4) is 0 Å². The quantitative estimate of drug-likeness (QED) is 0.829. The van der Waals surface area contributed by atoms with Crippen molar-refractivity contribution in [1.82, 2.24) is 10.1 Å². The van der Waals surface area contributed by atoms with Crippen LogP contribution in [0.25, 0.3) is 0 Å². The molecule has 0 bridgehead atoms. The van der Waals surface area contributed by atoms with E-state index in [4.69, 9.17) is 9.26 Å². The first-order valence-corrected chi connectivity index (χ1v) is 6.40. The molecule has 0 amide bonds. The van der Waals surface area contributed by atoms with Crippen LogP contribution in [-0.4, -0.2) is 16.7 Å². The van der Waals surface area contributed by atoms with Gasteiger partial charge < -0.3 is 9.26 Å². The van der Waals surface area contributed by atoms with Crippen LogP contribution >= 0.6 is 0 Å². The number of benzene rings is 1. The van der Waals surface area contributed by atoms with Gasteiger partial charge in [0.2, 0.25) is 0 Å². The molecule has 0 saturated carbocycles. The van der Waals surface area contributed by atoms with Gasteiger partial charge in [0.15, 0.2) is 5.82 Å². The normalized spacial score (nSPS) is 19.2. The van der Waals surface area contributed by atoms with Crippen molar-refractivity contribution >= 4 is 0 Å². The fourth-order valence-electron chi connectivity index (χ4n) is 2.17. The van der Waals surface area contributed by atoms with E-state index in [0.29, 0.717) is 5.89 Å². The molecule has 3 rings (SSSR count). The molecule has 4 nitrogen and oxygen atoms in total. The highest BCUT2D eigenvalue weighted by molar-refractivity contribution is 5.15. The van der Waals surface area contributed by atoms with Crippen molar-refractivity contribution in [2.45, 2.75) is 31.8 Å². The van der Waals surface area contributed by atoms with E-state index in [-0.39, 0.29) is 6.10 Å². The molecule has 1 aliphatic rings. The van der Waals surface area contributed by atoms with Crippen molar-refractivity contribution < 1.29 is 9.26 Å². The minimum Gasteiger partial charge on any atom is -0.368 e. The molecule has 1 fully saturated rings. The smallest absolute Gasteiger partial charge is 0.255 e. The molecular formula is C14H16N2O2. The summed E-state index contributed by atoms with van der Waals surface area (Å²) in [6, 6.07) is 10.3. The zero-order valence-electron chi connectivity index (χ0n) is 10.2. The fourth-order valence-corrected chi connectivity index (χ4v) is 2.17. The van der Waals surface area contributed by atoms with Crippen LogP contribution in [0.1, 0.15) is 36.2 Å². The van der Waals surface area contributed by atoms with Gasteiger partial charge in [0.1, 0.15) is 6.10 Å². The molecule has 0 spiro atoms. The van der Waals surface area contributed by atoms with E-state index in [9.17, 15) is 0 Å². The van der Waals surface area contributed by atoms with Gasteiger partial charge in [0.25, 0.3) is 5.89 Å². The van der Waals surface area contributed by atoms with E-state index < -0.39 is 0 Å². The molecular weight excluding hydrogens is 228 g/mol. The lowest BCUT2D eigenvalue weighted by molar-refractivity contribution is 0.0835. The Labute approximate surface area is 106 Å². The van der Waals surface area contributed by atoms with Crippen LogP contribution in [0.15, 0.2) is 34.9 Å². The lowest BCUT2D eigenvalue weighted by atomic mass is 10.1. The Balaban J connectivity index is 1.60. The molecule has 2 heterocycles. The first-order valence-electron chi connectivity index (χ1n) is 6.40. The highest BCUT2D eigenvalue weighted by Gasteiger charge is 2.23. The molecule has 1 saturated heterocycles. The van der Waals surface area contributed by atoms with Gasteiger partial charge >= 0.3 is 0 Å². The Morgan fingerprint density at radius 2 is 2.06 bits per heavy atom. The summed E-state index contributed by atoms with van der Waals surface area (Å²) in [6.07, 6.45) is 3.82. The van der Waals surface area contributed by atoms with Crippen LogP contribution in [0.5, 0.6) is 0 Å². The monoisotopic (exact) mass is 244 g/mol. The van der Waals surface area contributed by atoms with E-state index >= 15 is 0 Å². The number of ether oxygens (including phenoxy) is 1. The van der Waals surface area contributed by atoms with Crippen molar-refractivity contribution in [1.29, 1.82) is 0 Å². The van der Waals surface area contributed by atoms with Crippen molar-refractivity contribution in [3.63, 3.8) is 0 Å². The Morgan fingerprint density at radius 3 is 2.83 bits per heavy atom. The SMILES string of the molecule is c1ccc(CCc2noc(C3CCCO3)n2)cc1. The van der Waals surface area contributed by atoms with Crippen LogP contribution in [0.2, 0.25) is 0 Å². The third-order valence-corrected chi connectivity index (χ3v) is 3.17. The lowest BCUT2D eigenvalue weighted by Gasteiger charge is -2.00. The van der Waals surface area contributed by atoms with Crippen molar-refractivity contribution in [2.24, 2.45) is 0 Å². The van der Waals surface area contributed by atoms with E-state index in [1.807, 2.05) is 18.2 Å². The first-order chi connectivity index (χ1) is 8.92. The summed E-state index contributed by atoms with van der Waals surface area (Å²) in [7, 11) is 0. The molecule has 0 N–H and O–H groups in total. The van der Waals surface area contributed by atoms with Gasteiger partial charge in [-0.25, -0.2) is 0 Å². The van der Waals surface area contributed by atoms with Gasteiger partial charge in [0, 0.05) is 13.0 Å². The zero-order valence-corrected chi connectivity index (χ0v) is 10.2. The van der Waals surface area contributed by atoms with Gasteiger partial charge in [-0.05, 0) is 24.8 Å². The average molecular weight is 244 g/mol. The summed E-state index contributed by atoms with van der Waals surface area (Å²) in [4.78, 5) is 4.40. The van der Waals surface area contributed by atoms with Crippen molar-refractivity contribution in [3.8, 4) is 0 Å². The summed E-state index contributed by atoms with van der Waals surface area (Å²) in [6.45, 7) is 0.798. The van der Waals surface area contributed by atoms with E-state index in [2.05, 4.69) is 22.3 Å². The van der Waals surface area contributed by atoms with E-state index in [1.54, 1.807) is 0 Å². The summed E-state index contributed by atoms with van der Waals surface area (Å²) in [5, 5.41) is 4.01. The second-order valence-corrected chi connectivity index (χ2v) is 4.54. The molecule has 1 aromatic carbocycles. The maximum absolute atomic E-state index is 5.52. The summed E-state index contributed by atoms with van der Waals surface area (Å²) in [5.74, 6) is 1.40. The van der Waals surface area contributed by atoms with Crippen molar-refractivity contribution in [2.75, 3.05) is 6.61 Å². The molecule has 18 heavy (non-hydrogen) atoms. The number of hydrogen-bond acceptors (Lipinski definition) is 4. The number of aryl methyl sites for hydroxylation is 2. The first kappa shape index (κ1) is 11.4. The average Bonchev–Trinajstić information content (AvgIpc) is 3.08. The maximum atomic E-state index is 5.52. The van der Waals surface area contributed by atoms with Crippen LogP contribution in [0, 0.1) is 0 Å². The standard InChI is InChI=1S/C14H16N2O2/c1-2-5-11(6-3-1)8-9-13-15-14(18-16-13)12-7-4-10-17-12/h1-3,5-6,12H,4,7-10H2. The molecule has 0 radical (unpaired) electrons. The maximum Gasteiger partial charge on any atom is 0.255 e. The van der Waals surface area contributed by atoms with Crippen LogP contribution < -0.4 is 0 Å². The highest BCUT2D eigenvalue weighted by Crippen LogP contribution is 2.26. The summed E-state index contributed by atoms with van der Waals surface area (Å²) < 4.78 is 10.8. The lowest BCUT2D eigenvalue weighted by Crippen LogP contribution is -1.97. The Hall–Kier alpha value is -1.68. The molecule has 1 aliphatic heterocycles. The molecule has 2 aromatic rings. The number of aromatic nitrogens is 2. The largest absolute Gasteiger partial charge is 0.368 e. The number of hydrogen-bond donors (Lipinski definition) is 0. The van der Waals surface area contributed by atoms with Crippen LogP contribution in [-0.2, 0) is 17.6 Å². The van der Waals surface area contributed by atoms with E-state index in [1.165, 1.54) is 5.56 Å². The topological polar surface area (TPSA) is 48.2 Å². The van der Waals surface area contributed by atoms with Crippen LogP contribution in [0.4, 0.5) is 0 Å². The van der Waals surface area contributed by atoms with E-state index in [0.717, 1.165) is 38.1 Å². The van der Waals surface area contributed by atoms with Gasteiger partial charge in [-0.1, -0.05) is 35.5 Å². The fraction of sp³-hybridized carbons (Fsp3) is 0.429.